The van der Waals surface area contributed by atoms with Gasteiger partial charge in [0.2, 0.25) is 0 Å². The fraction of sp³-hybridized carbons (Fsp3) is 0.400. The van der Waals surface area contributed by atoms with Crippen LogP contribution in [0.25, 0.3) is 0 Å². The molecule has 0 spiro atoms. The molecule has 2 aromatic rings. The van der Waals surface area contributed by atoms with E-state index < -0.39 is 11.1 Å². The minimum atomic E-state index is -0.658. The van der Waals surface area contributed by atoms with Crippen LogP contribution < -0.4 is 10.6 Å². The van der Waals surface area contributed by atoms with E-state index in [1.165, 1.54) is 0 Å². The summed E-state index contributed by atoms with van der Waals surface area (Å²) in [5.41, 5.74) is 0.426. The van der Waals surface area contributed by atoms with Crippen LogP contribution in [0.2, 0.25) is 0 Å². The van der Waals surface area contributed by atoms with E-state index >= 15 is 0 Å². The highest BCUT2D eigenvalue weighted by Crippen LogP contribution is 2.39. The van der Waals surface area contributed by atoms with Gasteiger partial charge in [-0.25, -0.2) is 0 Å². The number of hydrogen-bond acceptors (Lipinski definition) is 4. The molecule has 2 heterocycles. The fourth-order valence-corrected chi connectivity index (χ4v) is 3.35. The van der Waals surface area contributed by atoms with Gasteiger partial charge in [-0.2, -0.15) is 0 Å². The smallest absolute Gasteiger partial charge is 0.106 e. The summed E-state index contributed by atoms with van der Waals surface area (Å²) in [6.07, 6.45) is 5.07. The van der Waals surface area contributed by atoms with Gasteiger partial charge in [0.15, 0.2) is 0 Å². The minimum Gasteiger partial charge on any atom is -0.366 e. The number of aromatic nitrogens is 2. The predicted molar refractivity (Wildman–Crippen MR) is 115 cm³/mol. The van der Waals surface area contributed by atoms with Gasteiger partial charge >= 0.3 is 0 Å². The molecule has 2 rings (SSSR count). The van der Waals surface area contributed by atoms with E-state index in [4.69, 9.17) is 24.4 Å². The molecule has 0 saturated heterocycles. The SMILES string of the molecule is CCC(=S)NC(C)(c1ccccn1)C(C)(NC(=S)CC)c1ccccn1. The number of thiocarbonyl (C=S) groups is 2. The Kier molecular flexibility index (Phi) is 6.78. The molecular weight excluding hydrogens is 360 g/mol. The van der Waals surface area contributed by atoms with Crippen molar-refractivity contribution in [2.24, 2.45) is 0 Å². The number of pyridine rings is 2. The lowest BCUT2D eigenvalue weighted by Crippen LogP contribution is -2.64. The van der Waals surface area contributed by atoms with Crippen LogP contribution in [0.5, 0.6) is 0 Å². The Balaban J connectivity index is 2.69. The number of hydrogen-bond donors (Lipinski definition) is 2. The molecule has 0 aliphatic carbocycles. The first-order valence-electron chi connectivity index (χ1n) is 8.82. The normalized spacial score (nSPS) is 15.4. The molecular formula is C20H26N4S2. The second-order valence-electron chi connectivity index (χ2n) is 6.48. The lowest BCUT2D eigenvalue weighted by molar-refractivity contribution is 0.199. The standard InChI is InChI=1S/C20H26N4S2/c1-5-17(25)23-19(3,15-11-7-9-13-21-15)20(4,24-18(26)6-2)16-12-8-10-14-22-16/h7-14H,5-6H2,1-4H3,(H,23,25)(H,24,26). The Morgan fingerprint density at radius 2 is 1.19 bits per heavy atom. The molecule has 0 amide bonds. The molecule has 2 N–H and O–H groups in total. The van der Waals surface area contributed by atoms with E-state index in [2.05, 4.69) is 34.4 Å². The van der Waals surface area contributed by atoms with Gasteiger partial charge in [-0.05, 0) is 51.0 Å². The zero-order valence-electron chi connectivity index (χ0n) is 15.7. The Hall–Kier alpha value is -1.92. The van der Waals surface area contributed by atoms with Crippen molar-refractivity contribution in [3.63, 3.8) is 0 Å². The van der Waals surface area contributed by atoms with Gasteiger partial charge in [0.1, 0.15) is 11.1 Å². The summed E-state index contributed by atoms with van der Waals surface area (Å²) in [6.45, 7) is 8.27. The molecule has 2 atom stereocenters. The minimum absolute atomic E-state index is 0.658. The van der Waals surface area contributed by atoms with E-state index in [0.29, 0.717) is 0 Å². The maximum atomic E-state index is 5.54. The van der Waals surface area contributed by atoms with Gasteiger partial charge in [0.05, 0.1) is 21.4 Å². The maximum Gasteiger partial charge on any atom is 0.106 e. The topological polar surface area (TPSA) is 49.8 Å². The van der Waals surface area contributed by atoms with Crippen molar-refractivity contribution in [3.05, 3.63) is 60.2 Å². The third-order valence-corrected chi connectivity index (χ3v) is 5.56. The highest BCUT2D eigenvalue weighted by Gasteiger charge is 2.50. The lowest BCUT2D eigenvalue weighted by atomic mass is 9.73. The van der Waals surface area contributed by atoms with E-state index in [1.807, 2.05) is 50.2 Å². The van der Waals surface area contributed by atoms with E-state index in [9.17, 15) is 0 Å². The van der Waals surface area contributed by atoms with Crippen LogP contribution >= 0.6 is 24.4 Å². The summed E-state index contributed by atoms with van der Waals surface area (Å²) in [7, 11) is 0. The van der Waals surface area contributed by atoms with Crippen LogP contribution in [0.15, 0.2) is 48.8 Å². The number of rotatable bonds is 7. The lowest BCUT2D eigenvalue weighted by Gasteiger charge is -2.47. The van der Waals surface area contributed by atoms with Crippen LogP contribution in [0, 0.1) is 0 Å². The molecule has 26 heavy (non-hydrogen) atoms. The Labute approximate surface area is 166 Å². The van der Waals surface area contributed by atoms with Gasteiger partial charge in [-0.1, -0.05) is 50.4 Å². The van der Waals surface area contributed by atoms with Crippen molar-refractivity contribution in [1.82, 2.24) is 20.6 Å². The summed E-state index contributed by atoms with van der Waals surface area (Å²) in [6, 6.07) is 11.8. The number of nitrogens with one attached hydrogen (secondary N) is 2. The first-order valence-corrected chi connectivity index (χ1v) is 9.64. The highest BCUT2D eigenvalue weighted by atomic mass is 32.1. The van der Waals surface area contributed by atoms with E-state index in [1.54, 1.807) is 12.4 Å². The van der Waals surface area contributed by atoms with Crippen LogP contribution in [0.1, 0.15) is 51.9 Å². The molecule has 2 aromatic heterocycles. The largest absolute Gasteiger partial charge is 0.366 e. The van der Waals surface area contributed by atoms with Gasteiger partial charge < -0.3 is 10.6 Å². The van der Waals surface area contributed by atoms with Crippen LogP contribution in [0.4, 0.5) is 0 Å². The summed E-state index contributed by atoms with van der Waals surface area (Å²) in [4.78, 5) is 10.8. The molecule has 0 saturated carbocycles. The molecule has 6 heteroatoms. The van der Waals surface area contributed by atoms with Crippen molar-refractivity contribution in [2.45, 2.75) is 51.6 Å². The quantitative estimate of drug-likeness (QED) is 0.694. The zero-order chi connectivity index (χ0) is 19.2. The monoisotopic (exact) mass is 386 g/mol. The van der Waals surface area contributed by atoms with E-state index in [-0.39, 0.29) is 0 Å². The molecule has 0 bridgehead atoms. The van der Waals surface area contributed by atoms with Gasteiger partial charge in [0, 0.05) is 12.4 Å². The maximum absolute atomic E-state index is 5.54. The van der Waals surface area contributed by atoms with E-state index in [0.717, 1.165) is 34.2 Å². The average molecular weight is 387 g/mol. The molecule has 138 valence electrons. The van der Waals surface area contributed by atoms with Crippen LogP contribution in [-0.4, -0.2) is 19.9 Å². The second kappa shape index (κ2) is 8.64. The number of nitrogens with zero attached hydrogens (tertiary/aromatic N) is 2. The highest BCUT2D eigenvalue weighted by molar-refractivity contribution is 7.80. The first-order chi connectivity index (χ1) is 12.4. The summed E-state index contributed by atoms with van der Waals surface area (Å²) >= 11 is 11.1. The average Bonchev–Trinajstić information content (AvgIpc) is 2.68. The zero-order valence-corrected chi connectivity index (χ0v) is 17.4. The molecule has 2 unspecified atom stereocenters. The van der Waals surface area contributed by atoms with Gasteiger partial charge in [0.25, 0.3) is 0 Å². The van der Waals surface area contributed by atoms with Crippen molar-refractivity contribution in [1.29, 1.82) is 0 Å². The molecule has 0 fully saturated rings. The van der Waals surface area contributed by atoms with Crippen LogP contribution in [-0.2, 0) is 11.1 Å². The molecule has 0 aliphatic heterocycles. The fourth-order valence-electron chi connectivity index (χ4n) is 2.94. The van der Waals surface area contributed by atoms with Crippen LogP contribution in [0.3, 0.4) is 0 Å². The Morgan fingerprint density at radius 1 is 0.808 bits per heavy atom. The summed E-state index contributed by atoms with van der Waals surface area (Å²) in [5.74, 6) is 0. The first kappa shape index (κ1) is 20.4. The van der Waals surface area contributed by atoms with Crippen molar-refractivity contribution < 1.29 is 0 Å². The molecule has 0 radical (unpaired) electrons. The van der Waals surface area contributed by atoms with Gasteiger partial charge in [-0.3, -0.25) is 9.97 Å². The third kappa shape index (κ3) is 4.07. The van der Waals surface area contributed by atoms with Crippen molar-refractivity contribution >= 4 is 34.4 Å². The predicted octanol–water partition coefficient (Wildman–Crippen LogP) is 4.26. The van der Waals surface area contributed by atoms with Crippen molar-refractivity contribution in [3.8, 4) is 0 Å². The molecule has 0 aromatic carbocycles. The third-order valence-electron chi connectivity index (χ3n) is 4.78. The van der Waals surface area contributed by atoms with Gasteiger partial charge in [-0.15, -0.1) is 0 Å². The molecule has 0 aliphatic rings. The Morgan fingerprint density at radius 3 is 1.46 bits per heavy atom. The Bertz CT molecular complexity index is 685. The summed E-state index contributed by atoms with van der Waals surface area (Å²) < 4.78 is 0. The summed E-state index contributed by atoms with van der Waals surface area (Å²) in [5, 5.41) is 7.07. The second-order valence-corrected chi connectivity index (χ2v) is 7.47. The van der Waals surface area contributed by atoms with Crippen molar-refractivity contribution in [2.75, 3.05) is 0 Å². The molecule has 4 nitrogen and oxygen atoms in total.